The van der Waals surface area contributed by atoms with Crippen LogP contribution in [0.3, 0.4) is 0 Å². The van der Waals surface area contributed by atoms with Gasteiger partial charge < -0.3 is 0 Å². The van der Waals surface area contributed by atoms with Crippen molar-refractivity contribution in [3.63, 3.8) is 0 Å². The van der Waals surface area contributed by atoms with Crippen LogP contribution >= 0.6 is 49.2 Å². The van der Waals surface area contributed by atoms with Gasteiger partial charge in [0.1, 0.15) is 0 Å². The second-order valence-electron chi connectivity index (χ2n) is 6.71. The summed E-state index contributed by atoms with van der Waals surface area (Å²) in [6, 6.07) is -1.52. The van der Waals surface area contributed by atoms with E-state index >= 15 is 0 Å². The van der Waals surface area contributed by atoms with Crippen molar-refractivity contribution in [3.05, 3.63) is 0 Å². The maximum absolute atomic E-state index is 5.87. The molecule has 0 fully saturated rings. The molecule has 0 nitrogen and oxygen atoms in total. The first kappa shape index (κ1) is 24.6. The van der Waals surface area contributed by atoms with Crippen LogP contribution in [-0.2, 0) is 0 Å². The second-order valence-corrected chi connectivity index (χ2v) is 16.8. The number of hydrogen-bond donors (Lipinski definition) is 0. The lowest BCUT2D eigenvalue weighted by Crippen LogP contribution is -2.07. The van der Waals surface area contributed by atoms with Crippen LogP contribution in [0.5, 0.6) is 0 Å². The zero-order valence-electron chi connectivity index (χ0n) is 14.7. The number of unbranched alkanes of at least 4 members (excludes halogenated alkanes) is 15. The molecule has 5 heteroatoms. The molecule has 0 unspecified atom stereocenters. The van der Waals surface area contributed by atoms with E-state index in [4.69, 9.17) is 33.2 Å². The fourth-order valence-electron chi connectivity index (χ4n) is 2.89. The highest BCUT2D eigenvalue weighted by Gasteiger charge is 2.23. The van der Waals surface area contributed by atoms with Crippen LogP contribution in [0.2, 0.25) is 6.04 Å². The molecule has 0 aromatic rings. The summed E-state index contributed by atoms with van der Waals surface area (Å²) in [5.74, 6) is 0. The molecule has 0 aliphatic carbocycles. The molecule has 0 aromatic carbocycles. The number of rotatable bonds is 18. The van der Waals surface area contributed by atoms with Crippen molar-refractivity contribution < 1.29 is 0 Å². The lowest BCUT2D eigenvalue weighted by Gasteiger charge is -2.07. The van der Waals surface area contributed by atoms with Crippen molar-refractivity contribution in [1.29, 1.82) is 0 Å². The van der Waals surface area contributed by atoms with Gasteiger partial charge in [0, 0.05) is 5.33 Å². The van der Waals surface area contributed by atoms with Crippen LogP contribution in [0.15, 0.2) is 0 Å². The van der Waals surface area contributed by atoms with Crippen LogP contribution in [0.4, 0.5) is 0 Å². The average Bonchev–Trinajstić information content (AvgIpc) is 2.49. The van der Waals surface area contributed by atoms with Gasteiger partial charge in [-0.2, -0.15) is 0 Å². The van der Waals surface area contributed by atoms with Gasteiger partial charge in [0.05, 0.1) is 0 Å². The fraction of sp³-hybridized carbons (Fsp3) is 1.00. The minimum atomic E-state index is -2.35. The summed E-state index contributed by atoms with van der Waals surface area (Å²) in [6.07, 6.45) is 22.0. The zero-order valence-corrected chi connectivity index (χ0v) is 19.6. The van der Waals surface area contributed by atoms with Gasteiger partial charge >= 0.3 is 6.00 Å². The first-order valence-electron chi connectivity index (χ1n) is 9.69. The van der Waals surface area contributed by atoms with E-state index in [-0.39, 0.29) is 0 Å². The van der Waals surface area contributed by atoms with Gasteiger partial charge in [-0.15, -0.1) is 33.2 Å². The third-order valence-corrected chi connectivity index (χ3v) is 7.53. The molecule has 23 heavy (non-hydrogen) atoms. The summed E-state index contributed by atoms with van der Waals surface area (Å²) in [5.41, 5.74) is 0. The fourth-order valence-corrected chi connectivity index (χ4v) is 5.14. The van der Waals surface area contributed by atoms with E-state index in [9.17, 15) is 0 Å². The summed E-state index contributed by atoms with van der Waals surface area (Å²) in [7, 11) is 0. The van der Waals surface area contributed by atoms with E-state index in [1.54, 1.807) is 0 Å². The largest absolute Gasteiger partial charge is 0.341 e. The van der Waals surface area contributed by atoms with Gasteiger partial charge in [0.2, 0.25) is 0 Å². The summed E-state index contributed by atoms with van der Waals surface area (Å²) in [6.45, 7) is 0. The molecule has 0 amide bonds. The summed E-state index contributed by atoms with van der Waals surface area (Å²) < 4.78 is 0. The van der Waals surface area contributed by atoms with E-state index in [0.29, 0.717) is 0 Å². The van der Waals surface area contributed by atoms with E-state index in [1.807, 2.05) is 0 Å². The molecule has 0 heterocycles. The van der Waals surface area contributed by atoms with Crippen LogP contribution in [-0.4, -0.2) is 11.3 Å². The molecule has 0 bridgehead atoms. The Hall–Kier alpha value is 1.57. The Balaban J connectivity index is 3.00. The standard InChI is InChI=1S/C18H36BrCl3Si/c19-17-15-13-11-9-7-5-3-1-2-4-6-8-10-12-14-16-18-23(20,21)22/h1-18H2. The normalized spacial score (nSPS) is 12.0. The van der Waals surface area contributed by atoms with E-state index < -0.39 is 6.00 Å². The Kier molecular flexibility index (Phi) is 19.6. The van der Waals surface area contributed by atoms with Crippen LogP contribution in [0, 0.1) is 0 Å². The molecule has 0 aliphatic heterocycles. The molecular formula is C18H36BrCl3Si. The molecule has 0 radical (unpaired) electrons. The first-order chi connectivity index (χ1) is 11.1. The monoisotopic (exact) mass is 464 g/mol. The van der Waals surface area contributed by atoms with Crippen molar-refractivity contribution in [2.24, 2.45) is 0 Å². The number of alkyl halides is 1. The Bertz CT molecular complexity index is 235. The maximum atomic E-state index is 5.87. The van der Waals surface area contributed by atoms with Crippen LogP contribution in [0.25, 0.3) is 0 Å². The quantitative estimate of drug-likeness (QED) is 0.0817. The van der Waals surface area contributed by atoms with E-state index in [0.717, 1.165) is 12.5 Å². The Labute approximate surface area is 168 Å². The third kappa shape index (κ3) is 23.6. The first-order valence-corrected chi connectivity index (χ1v) is 16.1. The average molecular weight is 467 g/mol. The summed E-state index contributed by atoms with van der Waals surface area (Å²) in [5, 5.41) is 1.17. The van der Waals surface area contributed by atoms with Crippen molar-refractivity contribution in [2.45, 2.75) is 109 Å². The lowest BCUT2D eigenvalue weighted by atomic mass is 10.0. The van der Waals surface area contributed by atoms with Crippen LogP contribution in [0.1, 0.15) is 103 Å². The zero-order chi connectivity index (χ0) is 17.2. The van der Waals surface area contributed by atoms with Crippen LogP contribution < -0.4 is 0 Å². The van der Waals surface area contributed by atoms with Crippen molar-refractivity contribution in [3.8, 4) is 0 Å². The van der Waals surface area contributed by atoms with Gasteiger partial charge in [-0.3, -0.25) is 0 Å². The Morgan fingerprint density at radius 2 is 0.696 bits per heavy atom. The molecule has 0 spiro atoms. The molecular weight excluding hydrogens is 431 g/mol. The third-order valence-electron chi connectivity index (χ3n) is 4.34. The second kappa shape index (κ2) is 18.4. The van der Waals surface area contributed by atoms with Crippen molar-refractivity contribution >= 4 is 55.2 Å². The molecule has 0 saturated carbocycles. The molecule has 0 aromatic heterocycles. The summed E-state index contributed by atoms with van der Waals surface area (Å²) >= 11 is 21.1. The highest BCUT2D eigenvalue weighted by molar-refractivity contribution is 9.09. The molecule has 0 N–H and O–H groups in total. The molecule has 0 rings (SSSR count). The highest BCUT2D eigenvalue weighted by Crippen LogP contribution is 2.27. The van der Waals surface area contributed by atoms with Crippen molar-refractivity contribution in [2.75, 3.05) is 5.33 Å². The predicted molar refractivity (Wildman–Crippen MR) is 116 cm³/mol. The number of hydrogen-bond acceptors (Lipinski definition) is 0. The van der Waals surface area contributed by atoms with E-state index in [2.05, 4.69) is 15.9 Å². The smallest absolute Gasteiger partial charge is 0.126 e. The summed E-state index contributed by atoms with van der Waals surface area (Å²) in [4.78, 5) is 0. The Morgan fingerprint density at radius 1 is 0.435 bits per heavy atom. The minimum Gasteiger partial charge on any atom is -0.126 e. The minimum absolute atomic E-state index is 0.828. The molecule has 0 saturated heterocycles. The Morgan fingerprint density at radius 3 is 0.957 bits per heavy atom. The van der Waals surface area contributed by atoms with Gasteiger partial charge in [0.25, 0.3) is 0 Å². The molecule has 0 aliphatic rings. The SMILES string of the molecule is Cl[Si](Cl)(Cl)CCCCCCCCCCCCCCCCCCBr. The highest BCUT2D eigenvalue weighted by atomic mass is 79.9. The number of halogens is 4. The van der Waals surface area contributed by atoms with Gasteiger partial charge in [-0.1, -0.05) is 112 Å². The topological polar surface area (TPSA) is 0 Å². The molecule has 0 atom stereocenters. The maximum Gasteiger partial charge on any atom is 0.341 e. The lowest BCUT2D eigenvalue weighted by molar-refractivity contribution is 0.532. The van der Waals surface area contributed by atoms with Gasteiger partial charge in [-0.25, -0.2) is 0 Å². The van der Waals surface area contributed by atoms with Crippen molar-refractivity contribution in [1.82, 2.24) is 0 Å². The predicted octanol–water partition coefficient (Wildman–Crippen LogP) is 9.28. The van der Waals surface area contributed by atoms with Gasteiger partial charge in [-0.05, 0) is 12.5 Å². The molecule has 140 valence electrons. The van der Waals surface area contributed by atoms with E-state index in [1.165, 1.54) is 102 Å². The van der Waals surface area contributed by atoms with Gasteiger partial charge in [0.15, 0.2) is 0 Å².